The van der Waals surface area contributed by atoms with Crippen LogP contribution in [0.5, 0.6) is 0 Å². The molecule has 1 heterocycles. The summed E-state index contributed by atoms with van der Waals surface area (Å²) in [5, 5.41) is 6.03. The van der Waals surface area contributed by atoms with Gasteiger partial charge in [0.1, 0.15) is 5.15 Å². The number of pyridine rings is 1. The lowest BCUT2D eigenvalue weighted by Gasteiger charge is -2.06. The second kappa shape index (κ2) is 11.8. The highest BCUT2D eigenvalue weighted by molar-refractivity contribution is 6.29. The van der Waals surface area contributed by atoms with Gasteiger partial charge in [-0.2, -0.15) is 0 Å². The summed E-state index contributed by atoms with van der Waals surface area (Å²) >= 11 is 5.65. The average Bonchev–Trinajstić information content (AvgIpc) is 2.83. The first-order valence-corrected chi connectivity index (χ1v) is 11.1. The standard InChI is InChI=1S/C15H15NO.C13H11ClN2O/c1-11-6-8-14(9-7-11)16-15(17)13-5-3-4-12(2)10-13;1-9-2-5-11(6-3-9)16-13(17)10-4-7-12(14)15-8-10/h3-10H,1-2H3,(H,16,17);2-8H,1H3,(H,16,17). The van der Waals surface area contributed by atoms with Crippen molar-refractivity contribution >= 4 is 34.8 Å². The molecule has 0 unspecified atom stereocenters. The molecule has 3 aromatic carbocycles. The highest BCUT2D eigenvalue weighted by Crippen LogP contribution is 2.13. The van der Waals surface area contributed by atoms with Gasteiger partial charge >= 0.3 is 0 Å². The third-order valence-corrected chi connectivity index (χ3v) is 5.11. The number of amides is 2. The summed E-state index contributed by atoms with van der Waals surface area (Å²) in [7, 11) is 0. The van der Waals surface area contributed by atoms with Crippen LogP contribution in [0, 0.1) is 20.8 Å². The molecule has 5 nitrogen and oxygen atoms in total. The molecule has 2 amide bonds. The molecular weight excluding hydrogens is 446 g/mol. The Bertz CT molecular complexity index is 1250. The number of benzene rings is 3. The number of nitrogens with one attached hydrogen (secondary N) is 2. The number of anilines is 2. The largest absolute Gasteiger partial charge is 0.322 e. The lowest BCUT2D eigenvalue weighted by atomic mass is 10.1. The quantitative estimate of drug-likeness (QED) is 0.319. The van der Waals surface area contributed by atoms with E-state index >= 15 is 0 Å². The number of hydrogen-bond donors (Lipinski definition) is 2. The molecule has 0 fully saturated rings. The normalized spacial score (nSPS) is 10.0. The fraction of sp³-hybridized carbons (Fsp3) is 0.107. The van der Waals surface area contributed by atoms with E-state index in [9.17, 15) is 9.59 Å². The molecule has 0 spiro atoms. The van der Waals surface area contributed by atoms with Crippen molar-refractivity contribution in [2.75, 3.05) is 10.6 Å². The SMILES string of the molecule is Cc1ccc(NC(=O)c2ccc(Cl)nc2)cc1.Cc1ccc(NC(=O)c2cccc(C)c2)cc1. The van der Waals surface area contributed by atoms with E-state index in [4.69, 9.17) is 11.6 Å². The van der Waals surface area contributed by atoms with Crippen molar-refractivity contribution < 1.29 is 9.59 Å². The number of nitrogens with zero attached hydrogens (tertiary/aromatic N) is 1. The Morgan fingerprint density at radius 1 is 0.647 bits per heavy atom. The van der Waals surface area contributed by atoms with Gasteiger partial charge in [-0.25, -0.2) is 4.98 Å². The van der Waals surface area contributed by atoms with Gasteiger partial charge in [-0.15, -0.1) is 0 Å². The van der Waals surface area contributed by atoms with Crippen LogP contribution in [0.15, 0.2) is 91.1 Å². The number of carbonyl (C=O) groups excluding carboxylic acids is 2. The molecule has 4 aromatic rings. The Morgan fingerprint density at radius 2 is 1.18 bits per heavy atom. The second-order valence-corrected chi connectivity index (χ2v) is 8.27. The minimum absolute atomic E-state index is 0.0717. The summed E-state index contributed by atoms with van der Waals surface area (Å²) in [5.41, 5.74) is 6.16. The van der Waals surface area contributed by atoms with Crippen LogP contribution in [0.3, 0.4) is 0 Å². The lowest BCUT2D eigenvalue weighted by molar-refractivity contribution is 0.101. The van der Waals surface area contributed by atoms with Gasteiger partial charge in [-0.1, -0.05) is 64.7 Å². The lowest BCUT2D eigenvalue weighted by Crippen LogP contribution is -2.11. The molecule has 2 N–H and O–H groups in total. The molecule has 0 aliphatic heterocycles. The van der Waals surface area contributed by atoms with Crippen LogP contribution in [0.1, 0.15) is 37.4 Å². The van der Waals surface area contributed by atoms with Crippen LogP contribution in [0.2, 0.25) is 5.15 Å². The predicted molar refractivity (Wildman–Crippen MR) is 139 cm³/mol. The minimum Gasteiger partial charge on any atom is -0.322 e. The van der Waals surface area contributed by atoms with Crippen LogP contribution in [0.4, 0.5) is 11.4 Å². The molecule has 34 heavy (non-hydrogen) atoms. The van der Waals surface area contributed by atoms with Crippen molar-refractivity contribution in [2.24, 2.45) is 0 Å². The number of carbonyl (C=O) groups is 2. The fourth-order valence-electron chi connectivity index (χ4n) is 2.98. The Labute approximate surface area is 204 Å². The van der Waals surface area contributed by atoms with Gasteiger partial charge in [-0.05, 0) is 69.3 Å². The molecule has 4 rings (SSSR count). The average molecular weight is 472 g/mol. The monoisotopic (exact) mass is 471 g/mol. The van der Waals surface area contributed by atoms with Crippen molar-refractivity contribution in [3.63, 3.8) is 0 Å². The van der Waals surface area contributed by atoms with Crippen LogP contribution < -0.4 is 10.6 Å². The van der Waals surface area contributed by atoms with E-state index in [1.807, 2.05) is 93.6 Å². The van der Waals surface area contributed by atoms with E-state index in [1.54, 1.807) is 12.1 Å². The molecule has 0 radical (unpaired) electrons. The molecule has 1 aromatic heterocycles. The number of rotatable bonds is 4. The number of aromatic nitrogens is 1. The molecule has 0 saturated heterocycles. The molecule has 0 atom stereocenters. The Kier molecular flexibility index (Phi) is 8.54. The van der Waals surface area contributed by atoms with Gasteiger partial charge in [0, 0.05) is 23.1 Å². The highest BCUT2D eigenvalue weighted by atomic mass is 35.5. The molecule has 0 aliphatic rings. The molecule has 172 valence electrons. The van der Waals surface area contributed by atoms with Crippen LogP contribution in [-0.4, -0.2) is 16.8 Å². The first kappa shape index (κ1) is 24.7. The van der Waals surface area contributed by atoms with Crippen molar-refractivity contribution in [1.29, 1.82) is 0 Å². The fourth-order valence-corrected chi connectivity index (χ4v) is 3.09. The predicted octanol–water partition coefficient (Wildman–Crippen LogP) is 6.85. The van der Waals surface area contributed by atoms with E-state index in [2.05, 4.69) is 15.6 Å². The van der Waals surface area contributed by atoms with Crippen molar-refractivity contribution in [1.82, 2.24) is 4.98 Å². The molecule has 0 bridgehead atoms. The van der Waals surface area contributed by atoms with E-state index in [1.165, 1.54) is 11.8 Å². The van der Waals surface area contributed by atoms with E-state index in [0.717, 1.165) is 22.5 Å². The van der Waals surface area contributed by atoms with Gasteiger partial charge in [0.15, 0.2) is 0 Å². The van der Waals surface area contributed by atoms with Gasteiger partial charge in [-0.3, -0.25) is 9.59 Å². The summed E-state index contributed by atoms with van der Waals surface area (Å²) in [4.78, 5) is 27.6. The Morgan fingerprint density at radius 3 is 1.65 bits per heavy atom. The third kappa shape index (κ3) is 7.57. The van der Waals surface area contributed by atoms with Gasteiger partial charge < -0.3 is 10.6 Å². The number of aryl methyl sites for hydroxylation is 3. The molecule has 0 aliphatic carbocycles. The van der Waals surface area contributed by atoms with E-state index < -0.39 is 0 Å². The number of hydrogen-bond acceptors (Lipinski definition) is 3. The maximum atomic E-state index is 11.9. The minimum atomic E-state index is -0.196. The maximum Gasteiger partial charge on any atom is 0.257 e. The summed E-state index contributed by atoms with van der Waals surface area (Å²) < 4.78 is 0. The van der Waals surface area contributed by atoms with Crippen LogP contribution >= 0.6 is 11.6 Å². The Hall–Kier alpha value is -3.96. The summed E-state index contributed by atoms with van der Waals surface area (Å²) in [6, 6.07) is 26.1. The first-order chi connectivity index (χ1) is 16.3. The van der Waals surface area contributed by atoms with Gasteiger partial charge in [0.05, 0.1) is 5.56 Å². The molecule has 0 saturated carbocycles. The smallest absolute Gasteiger partial charge is 0.257 e. The van der Waals surface area contributed by atoms with Crippen molar-refractivity contribution in [3.8, 4) is 0 Å². The zero-order valence-corrected chi connectivity index (χ0v) is 20.1. The second-order valence-electron chi connectivity index (χ2n) is 7.88. The zero-order valence-electron chi connectivity index (χ0n) is 19.3. The maximum absolute atomic E-state index is 11.9. The number of halogens is 1. The van der Waals surface area contributed by atoms with E-state index in [0.29, 0.717) is 16.3 Å². The zero-order chi connectivity index (χ0) is 24.5. The summed E-state index contributed by atoms with van der Waals surface area (Å²) in [5.74, 6) is -0.268. The van der Waals surface area contributed by atoms with Crippen molar-refractivity contribution in [2.45, 2.75) is 20.8 Å². The highest BCUT2D eigenvalue weighted by Gasteiger charge is 2.06. The topological polar surface area (TPSA) is 71.1 Å². The van der Waals surface area contributed by atoms with Crippen LogP contribution in [0.25, 0.3) is 0 Å². The van der Waals surface area contributed by atoms with E-state index in [-0.39, 0.29) is 11.8 Å². The summed E-state index contributed by atoms with van der Waals surface area (Å²) in [6.45, 7) is 5.99. The van der Waals surface area contributed by atoms with Gasteiger partial charge in [0.2, 0.25) is 0 Å². The third-order valence-electron chi connectivity index (χ3n) is 4.89. The first-order valence-electron chi connectivity index (χ1n) is 10.7. The molecule has 6 heteroatoms. The Balaban J connectivity index is 0.000000191. The van der Waals surface area contributed by atoms with Crippen LogP contribution in [-0.2, 0) is 0 Å². The summed E-state index contributed by atoms with van der Waals surface area (Å²) in [6.07, 6.45) is 1.45. The van der Waals surface area contributed by atoms with Crippen molar-refractivity contribution in [3.05, 3.63) is 124 Å². The van der Waals surface area contributed by atoms with Gasteiger partial charge in [0.25, 0.3) is 11.8 Å². The molecular formula is C28H26ClN3O2.